The molecule has 1 saturated carbocycles. The lowest BCUT2D eigenvalue weighted by Crippen LogP contribution is -2.19. The molecule has 4 rings (SSSR count). The molecule has 5 heteroatoms. The van der Waals surface area contributed by atoms with Gasteiger partial charge in [-0.3, -0.25) is 0 Å². The second-order valence-corrected chi connectivity index (χ2v) is 11.3. The van der Waals surface area contributed by atoms with Crippen molar-refractivity contribution in [3.8, 4) is 22.5 Å². The van der Waals surface area contributed by atoms with E-state index < -0.39 is 0 Å². The summed E-state index contributed by atoms with van der Waals surface area (Å²) in [7, 11) is 0. The maximum absolute atomic E-state index is 12.4. The predicted molar refractivity (Wildman–Crippen MR) is 162 cm³/mol. The Balaban J connectivity index is 1.20. The monoisotopic (exact) mass is 542 g/mol. The summed E-state index contributed by atoms with van der Waals surface area (Å²) in [6.07, 6.45) is 19.6. The minimum absolute atomic E-state index is 0.112. The Hall–Kier alpha value is -3.05. The van der Waals surface area contributed by atoms with Gasteiger partial charge in [-0.2, -0.15) is 0 Å². The molecule has 0 unspecified atom stereocenters. The zero-order valence-corrected chi connectivity index (χ0v) is 24.4. The van der Waals surface area contributed by atoms with E-state index in [0.29, 0.717) is 18.0 Å². The molecule has 0 bridgehead atoms. The van der Waals surface area contributed by atoms with Gasteiger partial charge in [-0.25, -0.2) is 14.8 Å². The van der Waals surface area contributed by atoms with Gasteiger partial charge in [-0.15, -0.1) is 0 Å². The van der Waals surface area contributed by atoms with Crippen LogP contribution < -0.4 is 0 Å². The molecule has 3 aromatic rings. The highest BCUT2D eigenvalue weighted by Crippen LogP contribution is 2.29. The molecular weight excluding hydrogens is 496 g/mol. The van der Waals surface area contributed by atoms with Crippen molar-refractivity contribution in [2.75, 3.05) is 13.2 Å². The summed E-state index contributed by atoms with van der Waals surface area (Å²) in [6.45, 7) is 4.97. The molecule has 214 valence electrons. The van der Waals surface area contributed by atoms with Gasteiger partial charge < -0.3 is 9.47 Å². The van der Waals surface area contributed by atoms with Crippen molar-refractivity contribution >= 4 is 5.97 Å². The number of esters is 1. The number of aryl methyl sites for hydroxylation is 1. The first-order valence-corrected chi connectivity index (χ1v) is 15.4. The van der Waals surface area contributed by atoms with Gasteiger partial charge >= 0.3 is 5.97 Å². The standard InChI is InChI=1S/C35H46N2O3/c1-3-4-23-39-27(2)26-40-35(38)32-21-19-31(20-22-32)34-36-24-33(25-37-34)30-17-15-29(16-18-30)12-8-6-5-7-11-28-13-9-10-14-28/h15-22,24-25,27-28H,3-14,23,26H2,1-2H3/t27-/m0/s1. The number of hydrogen-bond donors (Lipinski definition) is 0. The second kappa shape index (κ2) is 16.3. The van der Waals surface area contributed by atoms with E-state index in [1.165, 1.54) is 63.4 Å². The molecule has 40 heavy (non-hydrogen) atoms. The highest BCUT2D eigenvalue weighted by atomic mass is 16.6. The van der Waals surface area contributed by atoms with Crippen LogP contribution >= 0.6 is 0 Å². The number of nitrogens with zero attached hydrogens (tertiary/aromatic N) is 2. The number of hydrogen-bond acceptors (Lipinski definition) is 5. The van der Waals surface area contributed by atoms with E-state index in [0.717, 1.165) is 41.9 Å². The van der Waals surface area contributed by atoms with Gasteiger partial charge in [0, 0.05) is 30.1 Å². The van der Waals surface area contributed by atoms with E-state index in [1.807, 2.05) is 31.5 Å². The van der Waals surface area contributed by atoms with Crippen LogP contribution in [0, 0.1) is 5.92 Å². The molecule has 1 atom stereocenters. The molecule has 1 aliphatic carbocycles. The molecule has 1 heterocycles. The lowest BCUT2D eigenvalue weighted by Gasteiger charge is -2.13. The van der Waals surface area contributed by atoms with Gasteiger partial charge in [-0.1, -0.05) is 101 Å². The molecule has 0 N–H and O–H groups in total. The Labute approximate surface area is 240 Å². The van der Waals surface area contributed by atoms with Crippen molar-refractivity contribution in [1.29, 1.82) is 0 Å². The van der Waals surface area contributed by atoms with Crippen LogP contribution in [0.1, 0.15) is 100 Å². The highest BCUT2D eigenvalue weighted by Gasteiger charge is 2.14. The highest BCUT2D eigenvalue weighted by molar-refractivity contribution is 5.89. The molecule has 0 amide bonds. The number of ether oxygens (including phenoxy) is 2. The topological polar surface area (TPSA) is 61.3 Å². The number of carbonyl (C=O) groups is 1. The zero-order valence-electron chi connectivity index (χ0n) is 24.4. The van der Waals surface area contributed by atoms with Crippen molar-refractivity contribution in [2.24, 2.45) is 5.92 Å². The van der Waals surface area contributed by atoms with Gasteiger partial charge in [-0.05, 0) is 55.4 Å². The van der Waals surface area contributed by atoms with Crippen LogP contribution in [0.4, 0.5) is 0 Å². The van der Waals surface area contributed by atoms with Crippen molar-refractivity contribution in [3.05, 3.63) is 72.1 Å². The second-order valence-electron chi connectivity index (χ2n) is 11.3. The van der Waals surface area contributed by atoms with Crippen molar-refractivity contribution in [2.45, 2.75) is 97.0 Å². The lowest BCUT2D eigenvalue weighted by molar-refractivity contribution is -0.00109. The molecule has 2 aromatic carbocycles. The third-order valence-electron chi connectivity index (χ3n) is 7.97. The number of aromatic nitrogens is 2. The fourth-order valence-corrected chi connectivity index (χ4v) is 5.41. The van der Waals surface area contributed by atoms with Gasteiger partial charge in [0.2, 0.25) is 0 Å². The lowest BCUT2D eigenvalue weighted by atomic mass is 9.98. The van der Waals surface area contributed by atoms with Crippen LogP contribution in [0.3, 0.4) is 0 Å². The number of unbranched alkanes of at least 4 members (excludes halogenated alkanes) is 4. The molecule has 0 radical (unpaired) electrons. The zero-order chi connectivity index (χ0) is 28.0. The minimum atomic E-state index is -0.350. The summed E-state index contributed by atoms with van der Waals surface area (Å²) in [5.41, 5.74) is 4.88. The van der Waals surface area contributed by atoms with Crippen molar-refractivity contribution in [1.82, 2.24) is 9.97 Å². The molecule has 1 fully saturated rings. The third kappa shape index (κ3) is 9.55. The summed E-state index contributed by atoms with van der Waals surface area (Å²) in [6, 6.07) is 16.0. The third-order valence-corrected chi connectivity index (χ3v) is 7.97. The van der Waals surface area contributed by atoms with E-state index in [4.69, 9.17) is 9.47 Å². The average molecular weight is 543 g/mol. The van der Waals surface area contributed by atoms with Crippen LogP contribution in [0.2, 0.25) is 0 Å². The maximum Gasteiger partial charge on any atom is 0.338 e. The summed E-state index contributed by atoms with van der Waals surface area (Å²) in [4.78, 5) is 21.5. The summed E-state index contributed by atoms with van der Waals surface area (Å²) in [5.74, 6) is 1.31. The Morgan fingerprint density at radius 1 is 0.850 bits per heavy atom. The Kier molecular flexibility index (Phi) is 12.2. The Morgan fingerprint density at radius 2 is 1.52 bits per heavy atom. The van der Waals surface area contributed by atoms with Crippen LogP contribution in [0.15, 0.2) is 60.9 Å². The van der Waals surface area contributed by atoms with E-state index in [1.54, 1.807) is 12.1 Å². The summed E-state index contributed by atoms with van der Waals surface area (Å²) in [5, 5.41) is 0. The molecular formula is C35H46N2O3. The molecule has 5 nitrogen and oxygen atoms in total. The van der Waals surface area contributed by atoms with Gasteiger partial charge in [0.25, 0.3) is 0 Å². The normalized spacial score (nSPS) is 14.3. The van der Waals surface area contributed by atoms with E-state index in [9.17, 15) is 4.79 Å². The van der Waals surface area contributed by atoms with Crippen LogP contribution in [-0.2, 0) is 15.9 Å². The fraction of sp³-hybridized carbons (Fsp3) is 0.514. The number of carbonyl (C=O) groups excluding carboxylic acids is 1. The van der Waals surface area contributed by atoms with Crippen molar-refractivity contribution in [3.63, 3.8) is 0 Å². The van der Waals surface area contributed by atoms with E-state index in [-0.39, 0.29) is 18.7 Å². The number of rotatable bonds is 16. The first-order valence-electron chi connectivity index (χ1n) is 15.4. The first-order chi connectivity index (χ1) is 19.6. The fourth-order valence-electron chi connectivity index (χ4n) is 5.41. The van der Waals surface area contributed by atoms with Crippen LogP contribution in [0.25, 0.3) is 22.5 Å². The predicted octanol–water partition coefficient (Wildman–Crippen LogP) is 8.86. The van der Waals surface area contributed by atoms with E-state index in [2.05, 4.69) is 41.2 Å². The summed E-state index contributed by atoms with van der Waals surface area (Å²) < 4.78 is 11.0. The van der Waals surface area contributed by atoms with Crippen LogP contribution in [-0.4, -0.2) is 35.3 Å². The molecule has 0 spiro atoms. The first kappa shape index (κ1) is 29.9. The molecule has 0 saturated heterocycles. The van der Waals surface area contributed by atoms with Gasteiger partial charge in [0.15, 0.2) is 5.82 Å². The quantitative estimate of drug-likeness (QED) is 0.134. The minimum Gasteiger partial charge on any atom is -0.459 e. The SMILES string of the molecule is CCCCO[C@@H](C)COC(=O)c1ccc(-c2ncc(-c3ccc(CCCCCCC4CCCC4)cc3)cn2)cc1. The largest absolute Gasteiger partial charge is 0.459 e. The molecule has 1 aliphatic rings. The Morgan fingerprint density at radius 3 is 2.23 bits per heavy atom. The smallest absolute Gasteiger partial charge is 0.338 e. The van der Waals surface area contributed by atoms with Gasteiger partial charge in [0.1, 0.15) is 6.61 Å². The van der Waals surface area contributed by atoms with Crippen LogP contribution in [0.5, 0.6) is 0 Å². The van der Waals surface area contributed by atoms with E-state index >= 15 is 0 Å². The maximum atomic E-state index is 12.4. The average Bonchev–Trinajstić information content (AvgIpc) is 3.52. The summed E-state index contributed by atoms with van der Waals surface area (Å²) >= 11 is 0. The van der Waals surface area contributed by atoms with Crippen molar-refractivity contribution < 1.29 is 14.3 Å². The number of benzene rings is 2. The molecule has 1 aromatic heterocycles. The van der Waals surface area contributed by atoms with Gasteiger partial charge in [0.05, 0.1) is 11.7 Å². The molecule has 0 aliphatic heterocycles. The Bertz CT molecular complexity index is 1140.